The van der Waals surface area contributed by atoms with Crippen LogP contribution in [0.1, 0.15) is 36.6 Å². The predicted octanol–water partition coefficient (Wildman–Crippen LogP) is 4.27. The van der Waals surface area contributed by atoms with Crippen molar-refractivity contribution in [3.8, 4) is 5.88 Å². The fourth-order valence-corrected chi connectivity index (χ4v) is 2.42. The summed E-state index contributed by atoms with van der Waals surface area (Å²) in [6.07, 6.45) is 0. The number of halogens is 1. The molecule has 0 unspecified atom stereocenters. The molecular formula is C17H21BrN2O. The SMILES string of the molecule is CNCc1cc(OCc2ccccc2Br)nc(C(C)C)c1. The summed E-state index contributed by atoms with van der Waals surface area (Å²) in [6.45, 7) is 5.61. The van der Waals surface area contributed by atoms with Gasteiger partial charge in [0.1, 0.15) is 6.61 Å². The number of nitrogens with zero attached hydrogens (tertiary/aromatic N) is 1. The van der Waals surface area contributed by atoms with Crippen LogP contribution in [0.4, 0.5) is 0 Å². The number of pyridine rings is 1. The highest BCUT2D eigenvalue weighted by molar-refractivity contribution is 9.10. The summed E-state index contributed by atoms with van der Waals surface area (Å²) in [7, 11) is 1.94. The largest absolute Gasteiger partial charge is 0.473 e. The molecule has 2 rings (SSSR count). The summed E-state index contributed by atoms with van der Waals surface area (Å²) in [5.41, 5.74) is 3.37. The number of hydrogen-bond donors (Lipinski definition) is 1. The molecule has 0 saturated heterocycles. The van der Waals surface area contributed by atoms with Crippen molar-refractivity contribution in [2.75, 3.05) is 7.05 Å². The first-order valence-electron chi connectivity index (χ1n) is 7.12. The normalized spacial score (nSPS) is 10.9. The van der Waals surface area contributed by atoms with E-state index < -0.39 is 0 Å². The van der Waals surface area contributed by atoms with E-state index in [9.17, 15) is 0 Å². The van der Waals surface area contributed by atoms with Gasteiger partial charge in [0.15, 0.2) is 0 Å². The molecular weight excluding hydrogens is 328 g/mol. The summed E-state index contributed by atoms with van der Waals surface area (Å²) < 4.78 is 6.94. The Morgan fingerprint density at radius 3 is 2.67 bits per heavy atom. The summed E-state index contributed by atoms with van der Waals surface area (Å²) in [4.78, 5) is 4.59. The fourth-order valence-electron chi connectivity index (χ4n) is 2.03. The molecule has 0 aliphatic rings. The molecule has 0 fully saturated rings. The highest BCUT2D eigenvalue weighted by Crippen LogP contribution is 2.21. The van der Waals surface area contributed by atoms with Crippen LogP contribution >= 0.6 is 15.9 Å². The lowest BCUT2D eigenvalue weighted by atomic mass is 10.1. The minimum absolute atomic E-state index is 0.382. The summed E-state index contributed by atoms with van der Waals surface area (Å²) in [5, 5.41) is 3.17. The maximum absolute atomic E-state index is 5.88. The minimum Gasteiger partial charge on any atom is -0.473 e. The predicted molar refractivity (Wildman–Crippen MR) is 89.6 cm³/mol. The minimum atomic E-state index is 0.382. The molecule has 21 heavy (non-hydrogen) atoms. The molecule has 3 nitrogen and oxygen atoms in total. The molecule has 0 amide bonds. The number of nitrogens with one attached hydrogen (secondary N) is 1. The standard InChI is InChI=1S/C17H21BrN2O/c1-12(2)16-8-13(10-19-3)9-17(20-16)21-11-14-6-4-5-7-15(14)18/h4-9,12,19H,10-11H2,1-3H3. The molecule has 0 atom stereocenters. The second kappa shape index (κ2) is 7.57. The average Bonchev–Trinajstić information content (AvgIpc) is 2.46. The first kappa shape index (κ1) is 16.0. The van der Waals surface area contributed by atoms with Crippen LogP contribution in [0.3, 0.4) is 0 Å². The molecule has 0 saturated carbocycles. The van der Waals surface area contributed by atoms with Crippen LogP contribution in [-0.4, -0.2) is 12.0 Å². The van der Waals surface area contributed by atoms with Crippen molar-refractivity contribution in [2.45, 2.75) is 32.9 Å². The zero-order chi connectivity index (χ0) is 15.2. The third-order valence-corrected chi connectivity index (χ3v) is 3.96. The van der Waals surface area contributed by atoms with Crippen molar-refractivity contribution in [3.05, 3.63) is 57.7 Å². The van der Waals surface area contributed by atoms with Gasteiger partial charge in [0.2, 0.25) is 5.88 Å². The number of benzene rings is 1. The Morgan fingerprint density at radius 2 is 2.00 bits per heavy atom. The number of ether oxygens (including phenoxy) is 1. The lowest BCUT2D eigenvalue weighted by Gasteiger charge is -2.12. The van der Waals surface area contributed by atoms with Gasteiger partial charge in [0.05, 0.1) is 0 Å². The van der Waals surface area contributed by atoms with E-state index in [1.54, 1.807) is 0 Å². The van der Waals surface area contributed by atoms with E-state index >= 15 is 0 Å². The molecule has 1 aromatic carbocycles. The van der Waals surface area contributed by atoms with E-state index in [4.69, 9.17) is 4.74 Å². The van der Waals surface area contributed by atoms with Gasteiger partial charge in [-0.25, -0.2) is 4.98 Å². The van der Waals surface area contributed by atoms with Gasteiger partial charge in [-0.05, 0) is 30.7 Å². The summed E-state index contributed by atoms with van der Waals surface area (Å²) >= 11 is 3.54. The third-order valence-electron chi connectivity index (χ3n) is 3.19. The lowest BCUT2D eigenvalue weighted by molar-refractivity contribution is 0.291. The first-order chi connectivity index (χ1) is 10.1. The van der Waals surface area contributed by atoms with Crippen LogP contribution in [0.5, 0.6) is 5.88 Å². The highest BCUT2D eigenvalue weighted by atomic mass is 79.9. The molecule has 0 spiro atoms. The second-order valence-electron chi connectivity index (χ2n) is 5.30. The van der Waals surface area contributed by atoms with Crippen LogP contribution in [0.25, 0.3) is 0 Å². The molecule has 0 radical (unpaired) electrons. The number of aromatic nitrogens is 1. The van der Waals surface area contributed by atoms with E-state index in [2.05, 4.69) is 46.1 Å². The average molecular weight is 349 g/mol. The van der Waals surface area contributed by atoms with E-state index in [-0.39, 0.29) is 0 Å². The topological polar surface area (TPSA) is 34.1 Å². The molecule has 0 bridgehead atoms. The summed E-state index contributed by atoms with van der Waals surface area (Å²) in [6, 6.07) is 12.2. The van der Waals surface area contributed by atoms with Crippen molar-refractivity contribution in [3.63, 3.8) is 0 Å². The van der Waals surface area contributed by atoms with Crippen LogP contribution < -0.4 is 10.1 Å². The van der Waals surface area contributed by atoms with Crippen molar-refractivity contribution < 1.29 is 4.74 Å². The molecule has 1 heterocycles. The molecule has 0 aliphatic heterocycles. The number of rotatable bonds is 6. The zero-order valence-corrected chi connectivity index (χ0v) is 14.3. The Hall–Kier alpha value is -1.39. The number of hydrogen-bond acceptors (Lipinski definition) is 3. The Labute approximate surface area is 134 Å². The van der Waals surface area contributed by atoms with Gasteiger partial charge in [0, 0.05) is 28.3 Å². The van der Waals surface area contributed by atoms with Gasteiger partial charge < -0.3 is 10.1 Å². The molecule has 2 aromatic rings. The van der Waals surface area contributed by atoms with Gasteiger partial charge in [-0.3, -0.25) is 0 Å². The van der Waals surface area contributed by atoms with Crippen LogP contribution in [0.15, 0.2) is 40.9 Å². The summed E-state index contributed by atoms with van der Waals surface area (Å²) in [5.74, 6) is 1.06. The molecule has 4 heteroatoms. The zero-order valence-electron chi connectivity index (χ0n) is 12.7. The van der Waals surface area contributed by atoms with Crippen molar-refractivity contribution in [1.82, 2.24) is 10.3 Å². The maximum Gasteiger partial charge on any atom is 0.214 e. The first-order valence-corrected chi connectivity index (χ1v) is 7.91. The van der Waals surface area contributed by atoms with Crippen LogP contribution in [0, 0.1) is 0 Å². The Morgan fingerprint density at radius 1 is 1.24 bits per heavy atom. The van der Waals surface area contributed by atoms with Gasteiger partial charge in [-0.1, -0.05) is 48.0 Å². The van der Waals surface area contributed by atoms with E-state index in [0.29, 0.717) is 18.4 Å². The molecule has 0 aliphatic carbocycles. The maximum atomic E-state index is 5.88. The third kappa shape index (κ3) is 4.55. The Balaban J connectivity index is 2.17. The van der Waals surface area contributed by atoms with E-state index in [1.165, 1.54) is 5.56 Å². The van der Waals surface area contributed by atoms with Gasteiger partial charge in [-0.15, -0.1) is 0 Å². The van der Waals surface area contributed by atoms with Gasteiger partial charge in [-0.2, -0.15) is 0 Å². The Bertz CT molecular complexity index is 599. The van der Waals surface area contributed by atoms with Crippen LogP contribution in [0.2, 0.25) is 0 Å². The second-order valence-corrected chi connectivity index (χ2v) is 6.16. The molecule has 1 N–H and O–H groups in total. The lowest BCUT2D eigenvalue weighted by Crippen LogP contribution is -2.08. The molecule has 112 valence electrons. The van der Waals surface area contributed by atoms with E-state index in [1.807, 2.05) is 37.4 Å². The Kier molecular flexibility index (Phi) is 5.76. The van der Waals surface area contributed by atoms with Crippen molar-refractivity contribution in [1.29, 1.82) is 0 Å². The molecule has 1 aromatic heterocycles. The van der Waals surface area contributed by atoms with Crippen molar-refractivity contribution in [2.24, 2.45) is 0 Å². The quantitative estimate of drug-likeness (QED) is 0.846. The van der Waals surface area contributed by atoms with Crippen LogP contribution in [-0.2, 0) is 13.2 Å². The van der Waals surface area contributed by atoms with E-state index in [0.717, 1.165) is 22.3 Å². The van der Waals surface area contributed by atoms with Gasteiger partial charge >= 0.3 is 0 Å². The monoisotopic (exact) mass is 348 g/mol. The van der Waals surface area contributed by atoms with Gasteiger partial charge in [0.25, 0.3) is 0 Å². The van der Waals surface area contributed by atoms with Crippen molar-refractivity contribution >= 4 is 15.9 Å². The highest BCUT2D eigenvalue weighted by Gasteiger charge is 2.08. The smallest absolute Gasteiger partial charge is 0.214 e. The fraction of sp³-hybridized carbons (Fsp3) is 0.353.